The number of likely N-dealkylation sites (N-methyl/N-ethyl adjacent to an activating group) is 1. The van der Waals surface area contributed by atoms with E-state index in [1.165, 1.54) is 11.1 Å². The Labute approximate surface area is 146 Å². The van der Waals surface area contributed by atoms with Gasteiger partial charge in [-0.15, -0.1) is 0 Å². The average Bonchev–Trinajstić information content (AvgIpc) is 2.50. The predicted octanol–water partition coefficient (Wildman–Crippen LogP) is 4.39. The smallest absolute Gasteiger partial charge is 0.238 e. The molecular weight excluding hydrogens is 352 g/mol. The minimum Gasteiger partial charge on any atom is -0.324 e. The van der Waals surface area contributed by atoms with Crippen LogP contribution >= 0.6 is 15.9 Å². The van der Waals surface area contributed by atoms with E-state index in [-0.39, 0.29) is 5.91 Å². The molecule has 0 aromatic heterocycles. The van der Waals surface area contributed by atoms with Crippen molar-refractivity contribution in [1.29, 1.82) is 0 Å². The van der Waals surface area contributed by atoms with Crippen LogP contribution in [0, 0.1) is 6.92 Å². The number of carbonyl (C=O) groups excluding carboxylic acids is 1. The maximum absolute atomic E-state index is 12.2. The van der Waals surface area contributed by atoms with Crippen molar-refractivity contribution in [2.24, 2.45) is 0 Å². The van der Waals surface area contributed by atoms with Gasteiger partial charge in [0, 0.05) is 11.0 Å². The van der Waals surface area contributed by atoms with E-state index in [2.05, 4.69) is 52.4 Å². The van der Waals surface area contributed by atoms with Gasteiger partial charge in [0.2, 0.25) is 5.91 Å². The van der Waals surface area contributed by atoms with E-state index < -0.39 is 0 Å². The maximum Gasteiger partial charge on any atom is 0.238 e. The highest BCUT2D eigenvalue weighted by Crippen LogP contribution is 2.23. The summed E-state index contributed by atoms with van der Waals surface area (Å²) in [5.74, 6) is -0.0118. The number of hydrogen-bond donors (Lipinski definition) is 1. The third-order valence-electron chi connectivity index (χ3n) is 3.70. The van der Waals surface area contributed by atoms with Gasteiger partial charge in [0.1, 0.15) is 0 Å². The summed E-state index contributed by atoms with van der Waals surface area (Å²) in [6.45, 7) is 5.28. The molecule has 0 fully saturated rings. The van der Waals surface area contributed by atoms with Crippen molar-refractivity contribution in [3.8, 4) is 0 Å². The van der Waals surface area contributed by atoms with E-state index in [9.17, 15) is 4.79 Å². The van der Waals surface area contributed by atoms with Crippen molar-refractivity contribution in [3.05, 3.63) is 63.6 Å². The third kappa shape index (κ3) is 5.48. The van der Waals surface area contributed by atoms with Crippen LogP contribution in [0.4, 0.5) is 5.69 Å². The lowest BCUT2D eigenvalue weighted by Crippen LogP contribution is -2.29. The minimum absolute atomic E-state index is 0.0118. The van der Waals surface area contributed by atoms with E-state index in [1.54, 1.807) is 0 Å². The third-order valence-corrected chi connectivity index (χ3v) is 4.35. The number of aryl methyl sites for hydroxylation is 2. The van der Waals surface area contributed by atoms with Crippen LogP contribution < -0.4 is 5.32 Å². The minimum atomic E-state index is -0.0118. The summed E-state index contributed by atoms with van der Waals surface area (Å²) in [6, 6.07) is 14.4. The monoisotopic (exact) mass is 374 g/mol. The van der Waals surface area contributed by atoms with Crippen LogP contribution in [0.25, 0.3) is 0 Å². The molecule has 0 aliphatic rings. The highest BCUT2D eigenvalue weighted by atomic mass is 79.9. The zero-order valence-corrected chi connectivity index (χ0v) is 15.5. The molecule has 0 saturated heterocycles. The molecule has 0 heterocycles. The first-order valence-corrected chi connectivity index (χ1v) is 8.59. The largest absolute Gasteiger partial charge is 0.324 e. The second-order valence-electron chi connectivity index (χ2n) is 5.87. The highest BCUT2D eigenvalue weighted by Gasteiger charge is 2.09. The van der Waals surface area contributed by atoms with Crippen molar-refractivity contribution in [3.63, 3.8) is 0 Å². The van der Waals surface area contributed by atoms with Crippen molar-refractivity contribution in [1.82, 2.24) is 4.90 Å². The molecule has 4 heteroatoms. The molecule has 1 N–H and O–H groups in total. The van der Waals surface area contributed by atoms with Crippen LogP contribution in [-0.2, 0) is 17.8 Å². The molecule has 1 amide bonds. The van der Waals surface area contributed by atoms with Crippen LogP contribution in [0.15, 0.2) is 46.9 Å². The van der Waals surface area contributed by atoms with Crippen LogP contribution in [0.3, 0.4) is 0 Å². The molecule has 122 valence electrons. The van der Waals surface area contributed by atoms with Gasteiger partial charge in [0.25, 0.3) is 0 Å². The highest BCUT2D eigenvalue weighted by molar-refractivity contribution is 9.10. The van der Waals surface area contributed by atoms with Gasteiger partial charge in [-0.25, -0.2) is 0 Å². The van der Waals surface area contributed by atoms with Crippen LogP contribution in [0.5, 0.6) is 0 Å². The van der Waals surface area contributed by atoms with Gasteiger partial charge in [-0.1, -0.05) is 37.3 Å². The zero-order valence-electron chi connectivity index (χ0n) is 13.9. The Hall–Kier alpha value is -1.65. The van der Waals surface area contributed by atoms with E-state index in [0.29, 0.717) is 6.54 Å². The van der Waals surface area contributed by atoms with Gasteiger partial charge in [0.05, 0.1) is 12.2 Å². The van der Waals surface area contributed by atoms with Crippen molar-refractivity contribution < 1.29 is 4.79 Å². The van der Waals surface area contributed by atoms with Gasteiger partial charge in [-0.3, -0.25) is 9.69 Å². The van der Waals surface area contributed by atoms with Gasteiger partial charge in [0.15, 0.2) is 0 Å². The molecule has 0 bridgehead atoms. The average molecular weight is 375 g/mol. The Bertz CT molecular complexity index is 668. The van der Waals surface area contributed by atoms with Crippen molar-refractivity contribution in [2.45, 2.75) is 26.8 Å². The van der Waals surface area contributed by atoms with Gasteiger partial charge < -0.3 is 5.32 Å². The molecule has 23 heavy (non-hydrogen) atoms. The number of benzene rings is 2. The van der Waals surface area contributed by atoms with Crippen LogP contribution in [-0.4, -0.2) is 24.4 Å². The lowest BCUT2D eigenvalue weighted by molar-refractivity contribution is -0.117. The summed E-state index contributed by atoms with van der Waals surface area (Å²) in [6.07, 6.45) is 1.05. The van der Waals surface area contributed by atoms with E-state index in [1.807, 2.05) is 37.1 Å². The molecular formula is C19H23BrN2O. The Morgan fingerprint density at radius 1 is 1.13 bits per heavy atom. The Kier molecular flexibility index (Phi) is 6.37. The Balaban J connectivity index is 1.88. The van der Waals surface area contributed by atoms with E-state index >= 15 is 0 Å². The molecule has 0 radical (unpaired) electrons. The summed E-state index contributed by atoms with van der Waals surface area (Å²) in [7, 11) is 1.96. The number of nitrogens with zero attached hydrogens (tertiary/aromatic N) is 1. The topological polar surface area (TPSA) is 32.3 Å². The Morgan fingerprint density at radius 2 is 1.78 bits per heavy atom. The second-order valence-corrected chi connectivity index (χ2v) is 6.73. The molecule has 2 rings (SSSR count). The summed E-state index contributed by atoms with van der Waals surface area (Å²) >= 11 is 3.48. The molecule has 0 aliphatic heterocycles. The van der Waals surface area contributed by atoms with Crippen molar-refractivity contribution >= 4 is 27.5 Å². The quantitative estimate of drug-likeness (QED) is 0.812. The van der Waals surface area contributed by atoms with Gasteiger partial charge in [-0.05, 0) is 65.1 Å². The number of hydrogen-bond acceptors (Lipinski definition) is 2. The van der Waals surface area contributed by atoms with E-state index in [4.69, 9.17) is 0 Å². The normalized spacial score (nSPS) is 10.8. The maximum atomic E-state index is 12.2. The fourth-order valence-corrected chi connectivity index (χ4v) is 3.00. The SMILES string of the molecule is CCc1ccc(CN(C)CC(=O)Nc2ccc(C)cc2Br)cc1. The summed E-state index contributed by atoms with van der Waals surface area (Å²) in [5, 5.41) is 2.94. The van der Waals surface area contributed by atoms with Gasteiger partial charge >= 0.3 is 0 Å². The molecule has 0 saturated carbocycles. The first-order chi connectivity index (χ1) is 11.0. The first kappa shape index (κ1) is 17.7. The standard InChI is InChI=1S/C19H23BrN2O/c1-4-15-6-8-16(9-7-15)12-22(3)13-19(23)21-18-10-5-14(2)11-17(18)20/h5-11H,4,12-13H2,1-3H3,(H,21,23). The number of rotatable bonds is 6. The predicted molar refractivity (Wildman–Crippen MR) is 99.7 cm³/mol. The fraction of sp³-hybridized carbons (Fsp3) is 0.316. The van der Waals surface area contributed by atoms with Crippen LogP contribution in [0.2, 0.25) is 0 Å². The molecule has 2 aromatic rings. The summed E-state index contributed by atoms with van der Waals surface area (Å²) in [4.78, 5) is 14.2. The summed E-state index contributed by atoms with van der Waals surface area (Å²) in [5.41, 5.74) is 4.51. The number of anilines is 1. The second kappa shape index (κ2) is 8.27. The number of halogens is 1. The number of amides is 1. The fourth-order valence-electron chi connectivity index (χ4n) is 2.40. The molecule has 3 nitrogen and oxygen atoms in total. The van der Waals surface area contributed by atoms with Crippen molar-refractivity contribution in [2.75, 3.05) is 18.9 Å². The molecule has 0 unspecified atom stereocenters. The number of nitrogens with one attached hydrogen (secondary N) is 1. The number of carbonyl (C=O) groups is 1. The van der Waals surface area contributed by atoms with Crippen LogP contribution in [0.1, 0.15) is 23.6 Å². The zero-order chi connectivity index (χ0) is 16.8. The Morgan fingerprint density at radius 3 is 2.39 bits per heavy atom. The lowest BCUT2D eigenvalue weighted by atomic mass is 10.1. The summed E-state index contributed by atoms with van der Waals surface area (Å²) < 4.78 is 0.906. The molecule has 0 spiro atoms. The first-order valence-electron chi connectivity index (χ1n) is 7.80. The van der Waals surface area contributed by atoms with E-state index in [0.717, 1.165) is 28.7 Å². The lowest BCUT2D eigenvalue weighted by Gasteiger charge is -2.17. The molecule has 0 atom stereocenters. The molecule has 0 aliphatic carbocycles. The van der Waals surface area contributed by atoms with Gasteiger partial charge in [-0.2, -0.15) is 0 Å². The molecule has 2 aromatic carbocycles.